The number of carbonyl (C=O) groups is 5. The monoisotopic (exact) mass is 929 g/mol. The Morgan fingerprint density at radius 3 is 2.22 bits per heavy atom. The van der Waals surface area contributed by atoms with Gasteiger partial charge in [0.15, 0.2) is 0 Å². The van der Waals surface area contributed by atoms with Gasteiger partial charge in [0.1, 0.15) is 17.5 Å². The Morgan fingerprint density at radius 1 is 0.910 bits per heavy atom. The van der Waals surface area contributed by atoms with Crippen molar-refractivity contribution in [3.05, 3.63) is 89.0 Å². The third-order valence-corrected chi connectivity index (χ3v) is 14.8. The highest BCUT2D eigenvalue weighted by atomic mass is 19.4. The van der Waals surface area contributed by atoms with Crippen LogP contribution in [0, 0.1) is 10.8 Å². The van der Waals surface area contributed by atoms with Crippen LogP contribution in [-0.4, -0.2) is 115 Å². The Labute approximate surface area is 390 Å². The second-order valence-electron chi connectivity index (χ2n) is 20.7. The molecule has 67 heavy (non-hydrogen) atoms. The van der Waals surface area contributed by atoms with Gasteiger partial charge in [0.25, 0.3) is 11.8 Å². The molecular weight excluding hydrogens is 868 g/mol. The summed E-state index contributed by atoms with van der Waals surface area (Å²) >= 11 is 0. The SMILES string of the molecule is COc1ccc([C@]2(CCN(Cc3ccc(OC4CC5(CCN(CC(=O)Nc6ccc7c(c6)C(=O)N(C6CCC(=O)NC6=O)C7=O)CC5)C4)cc3)CC(C)(C)C(F)(F)F)CCOC(C)(C)C2)cc1. The average Bonchev–Trinajstić information content (AvgIpc) is 3.50. The standard InChI is InChI=1S/C51H62F3N5O8/c1-47(2,51(52,53)54)32-58(24-20-50(21-25-66-48(3,4)31-50)34-8-13-36(65-5)14-9-34)29-33-6-11-37(12-7-33)67-38-27-49(28-38)18-22-57(23-19-49)30-43(61)55-35-10-15-39-40(26-35)46(64)59(45(39)63)41-16-17-42(60)56-44(41)62/h6-15,26,38,41H,16-25,27-32H2,1-5H3,(H,55,61)(H,56,60,62)/t41?,50-/m1/s1. The van der Waals surface area contributed by atoms with Gasteiger partial charge in [-0.3, -0.25) is 44.0 Å². The van der Waals surface area contributed by atoms with Crippen LogP contribution < -0.4 is 20.1 Å². The molecule has 16 heteroatoms. The third-order valence-electron chi connectivity index (χ3n) is 14.8. The first-order chi connectivity index (χ1) is 31.7. The maximum Gasteiger partial charge on any atom is 0.395 e. The number of methoxy groups -OCH3 is 1. The van der Waals surface area contributed by atoms with Gasteiger partial charge in [-0.15, -0.1) is 0 Å². The van der Waals surface area contributed by atoms with E-state index < -0.39 is 41.3 Å². The van der Waals surface area contributed by atoms with E-state index in [1.165, 1.54) is 26.0 Å². The van der Waals surface area contributed by atoms with Gasteiger partial charge >= 0.3 is 6.18 Å². The lowest BCUT2D eigenvalue weighted by Crippen LogP contribution is -2.54. The van der Waals surface area contributed by atoms with Gasteiger partial charge in [-0.2, -0.15) is 13.2 Å². The zero-order valence-corrected chi connectivity index (χ0v) is 39.1. The maximum absolute atomic E-state index is 14.3. The molecule has 4 heterocycles. The van der Waals surface area contributed by atoms with E-state index in [0.29, 0.717) is 31.8 Å². The van der Waals surface area contributed by atoms with E-state index in [9.17, 15) is 37.1 Å². The van der Waals surface area contributed by atoms with Crippen molar-refractivity contribution in [1.29, 1.82) is 0 Å². The van der Waals surface area contributed by atoms with Gasteiger partial charge in [0, 0.05) is 37.2 Å². The van der Waals surface area contributed by atoms with Crippen molar-refractivity contribution < 1.29 is 51.4 Å². The molecule has 4 fully saturated rings. The Hall–Kier alpha value is -5.32. The number of alkyl halides is 3. The van der Waals surface area contributed by atoms with Crippen molar-refractivity contribution in [3.63, 3.8) is 0 Å². The van der Waals surface area contributed by atoms with E-state index in [2.05, 4.69) is 41.5 Å². The number of rotatable bonds is 15. The van der Waals surface area contributed by atoms with Gasteiger partial charge in [0.05, 0.1) is 41.9 Å². The van der Waals surface area contributed by atoms with Crippen LogP contribution in [-0.2, 0) is 31.1 Å². The highest BCUT2D eigenvalue weighted by molar-refractivity contribution is 6.24. The van der Waals surface area contributed by atoms with Crippen molar-refractivity contribution in [1.82, 2.24) is 20.0 Å². The number of benzene rings is 3. The number of likely N-dealkylation sites (tertiary alicyclic amines) is 1. The summed E-state index contributed by atoms with van der Waals surface area (Å²) in [6.45, 7) is 9.60. The number of fused-ring (bicyclic) bond motifs is 1. The molecule has 0 aromatic heterocycles. The third kappa shape index (κ3) is 10.6. The fourth-order valence-electron chi connectivity index (χ4n) is 10.9. The molecule has 2 atom stereocenters. The number of ether oxygens (including phenoxy) is 3. The lowest BCUT2D eigenvalue weighted by Gasteiger charge is -2.51. The average molecular weight is 930 g/mol. The molecule has 1 unspecified atom stereocenters. The molecule has 8 rings (SSSR count). The normalized spacial score (nSPS) is 23.2. The van der Waals surface area contributed by atoms with Gasteiger partial charge in [-0.1, -0.05) is 24.3 Å². The van der Waals surface area contributed by atoms with Crippen molar-refractivity contribution >= 4 is 35.2 Å². The number of nitrogens with zero attached hydrogens (tertiary/aromatic N) is 3. The summed E-state index contributed by atoms with van der Waals surface area (Å²) in [6, 6.07) is 19.2. The molecule has 5 amide bonds. The highest BCUT2D eigenvalue weighted by Gasteiger charge is 2.50. The van der Waals surface area contributed by atoms with E-state index >= 15 is 0 Å². The van der Waals surface area contributed by atoms with E-state index in [1.807, 2.05) is 41.3 Å². The van der Waals surface area contributed by atoms with E-state index in [-0.39, 0.29) is 65.5 Å². The predicted octanol–water partition coefficient (Wildman–Crippen LogP) is 7.67. The molecule has 4 aliphatic heterocycles. The van der Waals surface area contributed by atoms with Crippen LogP contribution in [0.15, 0.2) is 66.7 Å². The predicted molar refractivity (Wildman–Crippen MR) is 244 cm³/mol. The zero-order valence-electron chi connectivity index (χ0n) is 39.1. The first kappa shape index (κ1) is 48.1. The number of hydrogen-bond donors (Lipinski definition) is 2. The van der Waals surface area contributed by atoms with Gasteiger partial charge in [0.2, 0.25) is 17.7 Å². The van der Waals surface area contributed by atoms with Crippen LogP contribution in [0.4, 0.5) is 18.9 Å². The molecule has 3 saturated heterocycles. The smallest absolute Gasteiger partial charge is 0.395 e. The van der Waals surface area contributed by atoms with Crippen LogP contribution in [0.25, 0.3) is 0 Å². The molecule has 3 aromatic carbocycles. The fourth-order valence-corrected chi connectivity index (χ4v) is 10.9. The molecule has 0 bridgehead atoms. The number of carbonyl (C=O) groups excluding carboxylic acids is 5. The molecule has 5 aliphatic rings. The minimum Gasteiger partial charge on any atom is -0.497 e. The number of imide groups is 2. The molecular formula is C51H62F3N5O8. The Kier molecular flexibility index (Phi) is 13.4. The minimum atomic E-state index is -4.37. The largest absolute Gasteiger partial charge is 0.497 e. The topological polar surface area (TPSA) is 147 Å². The van der Waals surface area contributed by atoms with Crippen LogP contribution in [0.5, 0.6) is 11.5 Å². The Bertz CT molecular complexity index is 2350. The van der Waals surface area contributed by atoms with Crippen LogP contribution in [0.3, 0.4) is 0 Å². The summed E-state index contributed by atoms with van der Waals surface area (Å²) in [4.78, 5) is 68.4. The van der Waals surface area contributed by atoms with E-state index in [0.717, 1.165) is 79.1 Å². The van der Waals surface area contributed by atoms with Crippen LogP contribution >= 0.6 is 0 Å². The van der Waals surface area contributed by atoms with E-state index in [4.69, 9.17) is 14.2 Å². The zero-order chi connectivity index (χ0) is 47.9. The number of anilines is 1. The second-order valence-corrected chi connectivity index (χ2v) is 20.7. The number of hydrogen-bond acceptors (Lipinski definition) is 10. The maximum atomic E-state index is 14.3. The first-order valence-electron chi connectivity index (χ1n) is 23.4. The molecule has 1 spiro atoms. The first-order valence-corrected chi connectivity index (χ1v) is 23.4. The number of amides is 5. The summed E-state index contributed by atoms with van der Waals surface area (Å²) < 4.78 is 60.9. The lowest BCUT2D eigenvalue weighted by molar-refractivity contribution is -0.217. The van der Waals surface area contributed by atoms with Crippen molar-refractivity contribution in [2.45, 2.75) is 121 Å². The van der Waals surface area contributed by atoms with Crippen LogP contribution in [0.2, 0.25) is 0 Å². The minimum absolute atomic E-state index is 0.0268. The Balaban J connectivity index is 0.819. The summed E-state index contributed by atoms with van der Waals surface area (Å²) in [5.74, 6) is -1.14. The van der Waals surface area contributed by atoms with Gasteiger partial charge < -0.3 is 19.5 Å². The number of nitrogens with one attached hydrogen (secondary N) is 2. The van der Waals surface area contributed by atoms with E-state index in [1.54, 1.807) is 13.2 Å². The Morgan fingerprint density at radius 2 is 1.58 bits per heavy atom. The summed E-state index contributed by atoms with van der Waals surface area (Å²) in [6.07, 6.45) is 1.58. The van der Waals surface area contributed by atoms with Gasteiger partial charge in [-0.25, -0.2) is 0 Å². The van der Waals surface area contributed by atoms with Crippen molar-refractivity contribution in [2.24, 2.45) is 10.8 Å². The fraction of sp³-hybridized carbons (Fsp3) is 0.549. The summed E-state index contributed by atoms with van der Waals surface area (Å²) in [7, 11) is 1.63. The molecule has 360 valence electrons. The molecule has 0 radical (unpaired) electrons. The molecule has 1 aliphatic carbocycles. The summed E-state index contributed by atoms with van der Waals surface area (Å²) in [5, 5.41) is 5.03. The molecule has 2 N–H and O–H groups in total. The van der Waals surface area contributed by atoms with Crippen molar-refractivity contribution in [3.8, 4) is 11.5 Å². The number of piperidine rings is 2. The quantitative estimate of drug-likeness (QED) is 0.146. The van der Waals surface area contributed by atoms with Gasteiger partial charge in [-0.05, 0) is 158 Å². The highest BCUT2D eigenvalue weighted by Crippen LogP contribution is 2.51. The van der Waals surface area contributed by atoms with Crippen molar-refractivity contribution in [2.75, 3.05) is 51.8 Å². The second kappa shape index (κ2) is 18.6. The van der Waals surface area contributed by atoms with Crippen LogP contribution in [0.1, 0.15) is 117 Å². The molecule has 1 saturated carbocycles. The number of halogens is 3. The molecule has 3 aromatic rings. The summed E-state index contributed by atoms with van der Waals surface area (Å²) in [5.41, 5.74) is 0.227. The molecule has 13 nitrogen and oxygen atoms in total. The lowest BCUT2D eigenvalue weighted by atomic mass is 9.61.